The molecule has 1 unspecified atom stereocenters. The van der Waals surface area contributed by atoms with Gasteiger partial charge in [-0.2, -0.15) is 0 Å². The number of nitrogens with one attached hydrogen (secondary N) is 1. The van der Waals surface area contributed by atoms with Crippen LogP contribution >= 0.6 is 0 Å². The van der Waals surface area contributed by atoms with Gasteiger partial charge < -0.3 is 4.74 Å². The lowest BCUT2D eigenvalue weighted by Crippen LogP contribution is -2.61. The monoisotopic (exact) mass is 327 g/mol. The number of hydrogen-bond donors (Lipinski definition) is 1. The van der Waals surface area contributed by atoms with Crippen molar-refractivity contribution in [1.29, 1.82) is 0 Å². The summed E-state index contributed by atoms with van der Waals surface area (Å²) in [5.41, 5.74) is 0.366. The molecule has 124 valence electrons. The Morgan fingerprint density at radius 2 is 2.17 bits per heavy atom. The molecule has 4 aliphatic heterocycles. The zero-order chi connectivity index (χ0) is 16.1. The minimum atomic E-state index is -0.312. The van der Waals surface area contributed by atoms with Crippen LogP contribution in [-0.2, 0) is 4.74 Å². The van der Waals surface area contributed by atoms with Crippen LogP contribution in [0.1, 0.15) is 12.8 Å². The van der Waals surface area contributed by atoms with E-state index >= 15 is 0 Å². The SMILES string of the molecule is Fc1ccc2cnc(NC3=NCC4(CN5CCC4CC5)O3)nc2c1. The highest BCUT2D eigenvalue weighted by molar-refractivity contribution is 5.90. The van der Waals surface area contributed by atoms with Crippen molar-refractivity contribution in [3.63, 3.8) is 0 Å². The van der Waals surface area contributed by atoms with Crippen LogP contribution in [0.25, 0.3) is 10.9 Å². The number of aromatic nitrogens is 2. The van der Waals surface area contributed by atoms with Crippen molar-refractivity contribution in [3.05, 3.63) is 30.2 Å². The number of ether oxygens (including phenoxy) is 1. The van der Waals surface area contributed by atoms with Gasteiger partial charge in [0.2, 0.25) is 5.95 Å². The van der Waals surface area contributed by atoms with Gasteiger partial charge in [0.15, 0.2) is 0 Å². The highest BCUT2D eigenvalue weighted by Gasteiger charge is 2.51. The molecule has 2 bridgehead atoms. The smallest absolute Gasteiger partial charge is 0.292 e. The number of piperidine rings is 3. The Hall–Kier alpha value is -2.28. The standard InChI is InChI=1S/C17H18FN5O/c18-13-2-1-11-8-19-15(21-14(11)7-13)22-16-20-9-17(24-16)10-23-5-3-12(17)4-6-23/h1-2,7-8,12H,3-6,9-10H2,(H,19,20,21,22). The summed E-state index contributed by atoms with van der Waals surface area (Å²) in [6.45, 7) is 3.95. The summed E-state index contributed by atoms with van der Waals surface area (Å²) in [6, 6.07) is 4.94. The van der Waals surface area contributed by atoms with Crippen molar-refractivity contribution < 1.29 is 9.13 Å². The molecule has 24 heavy (non-hydrogen) atoms. The predicted molar refractivity (Wildman–Crippen MR) is 88.4 cm³/mol. The average Bonchev–Trinajstić information content (AvgIpc) is 2.97. The summed E-state index contributed by atoms with van der Waals surface area (Å²) in [5.74, 6) is 0.634. The lowest BCUT2D eigenvalue weighted by Gasteiger charge is -2.50. The molecule has 0 radical (unpaired) electrons. The summed E-state index contributed by atoms with van der Waals surface area (Å²) in [4.78, 5) is 15.6. The molecule has 6 nitrogen and oxygen atoms in total. The Labute approximate surface area is 138 Å². The molecule has 0 saturated carbocycles. The van der Waals surface area contributed by atoms with Gasteiger partial charge >= 0.3 is 0 Å². The van der Waals surface area contributed by atoms with E-state index < -0.39 is 0 Å². The maximum Gasteiger partial charge on any atom is 0.292 e. The maximum absolute atomic E-state index is 13.4. The number of amidine groups is 1. The van der Waals surface area contributed by atoms with Gasteiger partial charge in [-0.1, -0.05) is 0 Å². The summed E-state index contributed by atoms with van der Waals surface area (Å²) in [7, 11) is 0. The van der Waals surface area contributed by atoms with Crippen LogP contribution in [0.2, 0.25) is 0 Å². The van der Waals surface area contributed by atoms with Gasteiger partial charge in [0.05, 0.1) is 12.1 Å². The van der Waals surface area contributed by atoms with Gasteiger partial charge in [-0.25, -0.2) is 19.4 Å². The minimum Gasteiger partial charge on any atom is -0.455 e. The predicted octanol–water partition coefficient (Wildman–Crippen LogP) is 2.03. The van der Waals surface area contributed by atoms with Crippen molar-refractivity contribution in [1.82, 2.24) is 14.9 Å². The van der Waals surface area contributed by atoms with Gasteiger partial charge in [-0.15, -0.1) is 0 Å². The molecule has 1 aromatic carbocycles. The minimum absolute atomic E-state index is 0.193. The van der Waals surface area contributed by atoms with Gasteiger partial charge in [0.25, 0.3) is 6.02 Å². The molecular formula is C17H18FN5O. The molecule has 1 aromatic heterocycles. The van der Waals surface area contributed by atoms with E-state index in [1.165, 1.54) is 25.0 Å². The first-order valence-corrected chi connectivity index (χ1v) is 8.35. The second-order valence-corrected chi connectivity index (χ2v) is 6.86. The summed E-state index contributed by atoms with van der Waals surface area (Å²) in [5, 5.41) is 3.84. The van der Waals surface area contributed by atoms with E-state index in [2.05, 4.69) is 25.2 Å². The van der Waals surface area contributed by atoms with Gasteiger partial charge in [-0.05, 0) is 38.1 Å². The molecule has 2 aromatic rings. The van der Waals surface area contributed by atoms with E-state index in [1.807, 2.05) is 0 Å². The van der Waals surface area contributed by atoms with Crippen molar-refractivity contribution in [2.24, 2.45) is 10.9 Å². The number of halogens is 1. The van der Waals surface area contributed by atoms with Gasteiger partial charge in [0, 0.05) is 30.1 Å². The number of benzene rings is 1. The summed E-state index contributed by atoms with van der Waals surface area (Å²) >= 11 is 0. The highest BCUT2D eigenvalue weighted by Crippen LogP contribution is 2.40. The summed E-state index contributed by atoms with van der Waals surface area (Å²) in [6.07, 6.45) is 4.02. The quantitative estimate of drug-likeness (QED) is 0.868. The molecule has 3 fully saturated rings. The molecule has 1 N–H and O–H groups in total. The van der Waals surface area contributed by atoms with E-state index in [-0.39, 0.29) is 11.4 Å². The molecular weight excluding hydrogens is 309 g/mol. The normalized spacial score (nSPS) is 31.3. The third-order valence-corrected chi connectivity index (χ3v) is 5.38. The Balaban J connectivity index is 1.35. The van der Waals surface area contributed by atoms with Crippen LogP contribution in [-0.4, -0.2) is 52.7 Å². The number of aliphatic imine (C=N–C) groups is 1. The Bertz CT molecular complexity index is 833. The highest BCUT2D eigenvalue weighted by atomic mass is 19.1. The van der Waals surface area contributed by atoms with E-state index in [0.29, 0.717) is 29.9 Å². The lowest BCUT2D eigenvalue weighted by atomic mass is 9.75. The largest absolute Gasteiger partial charge is 0.455 e. The van der Waals surface area contributed by atoms with Gasteiger partial charge in [-0.3, -0.25) is 10.2 Å². The molecule has 1 atom stereocenters. The van der Waals surface area contributed by atoms with Crippen LogP contribution < -0.4 is 5.32 Å². The van der Waals surface area contributed by atoms with E-state index in [1.54, 1.807) is 12.3 Å². The molecule has 6 rings (SSSR count). The fraction of sp³-hybridized carbons (Fsp3) is 0.471. The van der Waals surface area contributed by atoms with E-state index in [9.17, 15) is 4.39 Å². The second-order valence-electron chi connectivity index (χ2n) is 6.86. The van der Waals surface area contributed by atoms with Crippen molar-refractivity contribution in [3.8, 4) is 0 Å². The number of fused-ring (bicyclic) bond motifs is 3. The van der Waals surface area contributed by atoms with Crippen molar-refractivity contribution >= 4 is 22.9 Å². The molecule has 3 saturated heterocycles. The van der Waals surface area contributed by atoms with Crippen LogP contribution in [0, 0.1) is 11.7 Å². The zero-order valence-electron chi connectivity index (χ0n) is 13.2. The second kappa shape index (κ2) is 5.11. The maximum atomic E-state index is 13.4. The Kier molecular flexibility index (Phi) is 3.00. The first-order chi connectivity index (χ1) is 11.7. The van der Waals surface area contributed by atoms with Crippen LogP contribution in [0.5, 0.6) is 0 Å². The zero-order valence-corrected chi connectivity index (χ0v) is 13.2. The van der Waals surface area contributed by atoms with E-state index in [0.717, 1.165) is 25.0 Å². The van der Waals surface area contributed by atoms with Gasteiger partial charge in [0.1, 0.15) is 11.4 Å². The molecule has 0 aliphatic carbocycles. The van der Waals surface area contributed by atoms with Crippen molar-refractivity contribution in [2.45, 2.75) is 18.4 Å². The van der Waals surface area contributed by atoms with E-state index in [4.69, 9.17) is 4.74 Å². The fourth-order valence-corrected chi connectivity index (χ4v) is 4.10. The fourth-order valence-electron chi connectivity index (χ4n) is 4.10. The Morgan fingerprint density at radius 1 is 1.29 bits per heavy atom. The molecule has 0 amide bonds. The van der Waals surface area contributed by atoms with Crippen LogP contribution in [0.3, 0.4) is 0 Å². The first kappa shape index (κ1) is 14.1. The number of hydrogen-bond acceptors (Lipinski definition) is 6. The molecule has 1 spiro atoms. The first-order valence-electron chi connectivity index (χ1n) is 8.35. The van der Waals surface area contributed by atoms with Crippen molar-refractivity contribution in [2.75, 3.05) is 31.5 Å². The topological polar surface area (TPSA) is 62.6 Å². The number of rotatable bonds is 1. The third kappa shape index (κ3) is 2.23. The lowest BCUT2D eigenvalue weighted by molar-refractivity contribution is -0.0829. The number of anilines is 1. The van der Waals surface area contributed by atoms with Crippen LogP contribution in [0.15, 0.2) is 29.4 Å². The average molecular weight is 327 g/mol. The number of nitrogens with zero attached hydrogens (tertiary/aromatic N) is 4. The molecule has 7 heteroatoms. The third-order valence-electron chi connectivity index (χ3n) is 5.38. The molecule has 4 aliphatic rings. The molecule has 5 heterocycles. The Morgan fingerprint density at radius 3 is 2.96 bits per heavy atom. The van der Waals surface area contributed by atoms with Crippen LogP contribution in [0.4, 0.5) is 10.3 Å². The summed E-state index contributed by atoms with van der Waals surface area (Å²) < 4.78 is 19.6.